The Labute approximate surface area is 99.4 Å². The topological polar surface area (TPSA) is 30.5 Å². The highest BCUT2D eigenvalue weighted by molar-refractivity contribution is 6.13. The van der Waals surface area contributed by atoms with Gasteiger partial charge in [-0.3, -0.25) is 0 Å². The SMILES string of the molecule is FC(F)Oc1ccc(CNCl)cc1OC(F)F. The molecule has 0 amide bonds. The second kappa shape index (κ2) is 6.51. The fourth-order valence-corrected chi connectivity index (χ4v) is 1.28. The quantitative estimate of drug-likeness (QED) is 0.638. The standard InChI is InChI=1S/C9H8ClF4NO2/c10-15-4-5-1-2-6(16-8(11)12)7(3-5)17-9(13)14/h1-3,8-9,15H,4H2. The Hall–Kier alpha value is -1.21. The largest absolute Gasteiger partial charge is 0.431 e. The van der Waals surface area contributed by atoms with E-state index in [1.54, 1.807) is 0 Å². The Kier molecular flexibility index (Phi) is 5.30. The van der Waals surface area contributed by atoms with Gasteiger partial charge < -0.3 is 9.47 Å². The van der Waals surface area contributed by atoms with Crippen molar-refractivity contribution in [3.63, 3.8) is 0 Å². The van der Waals surface area contributed by atoms with Gasteiger partial charge in [0.1, 0.15) is 0 Å². The third-order valence-electron chi connectivity index (χ3n) is 1.71. The molecule has 0 fully saturated rings. The summed E-state index contributed by atoms with van der Waals surface area (Å²) >= 11 is 5.23. The van der Waals surface area contributed by atoms with Crippen LogP contribution in [0.2, 0.25) is 0 Å². The zero-order chi connectivity index (χ0) is 12.8. The van der Waals surface area contributed by atoms with Crippen LogP contribution in [0.3, 0.4) is 0 Å². The van der Waals surface area contributed by atoms with Crippen molar-refractivity contribution in [2.45, 2.75) is 19.8 Å². The molecule has 8 heteroatoms. The lowest BCUT2D eigenvalue weighted by atomic mass is 10.2. The molecule has 0 radical (unpaired) electrons. The van der Waals surface area contributed by atoms with Crippen LogP contribution in [-0.2, 0) is 6.54 Å². The number of halogens is 5. The summed E-state index contributed by atoms with van der Waals surface area (Å²) in [4.78, 5) is 2.26. The average molecular weight is 274 g/mol. The molecule has 3 nitrogen and oxygen atoms in total. The van der Waals surface area contributed by atoms with Crippen molar-refractivity contribution in [1.29, 1.82) is 0 Å². The Morgan fingerprint density at radius 3 is 2.18 bits per heavy atom. The molecule has 0 saturated heterocycles. The summed E-state index contributed by atoms with van der Waals surface area (Å²) in [7, 11) is 0. The van der Waals surface area contributed by atoms with E-state index < -0.39 is 24.7 Å². The van der Waals surface area contributed by atoms with Crippen LogP contribution in [0.5, 0.6) is 11.5 Å². The third-order valence-corrected chi connectivity index (χ3v) is 1.84. The van der Waals surface area contributed by atoms with E-state index in [1.807, 2.05) is 0 Å². The predicted octanol–water partition coefficient (Wildman–Crippen LogP) is 3.13. The summed E-state index contributed by atoms with van der Waals surface area (Å²) in [5, 5.41) is 0. The molecular formula is C9H8ClF4NO2. The van der Waals surface area contributed by atoms with Gasteiger partial charge >= 0.3 is 13.2 Å². The first-order valence-corrected chi connectivity index (χ1v) is 4.76. The van der Waals surface area contributed by atoms with Crippen LogP contribution in [0.1, 0.15) is 5.56 Å². The highest BCUT2D eigenvalue weighted by Crippen LogP contribution is 2.31. The van der Waals surface area contributed by atoms with Gasteiger partial charge in [-0.15, -0.1) is 0 Å². The third kappa shape index (κ3) is 4.66. The molecule has 0 saturated carbocycles. The molecule has 0 heterocycles. The first kappa shape index (κ1) is 13.9. The van der Waals surface area contributed by atoms with E-state index in [0.29, 0.717) is 5.56 Å². The molecule has 0 spiro atoms. The second-order valence-electron chi connectivity index (χ2n) is 2.85. The number of rotatable bonds is 6. The molecule has 0 aromatic heterocycles. The summed E-state index contributed by atoms with van der Waals surface area (Å²) in [6.45, 7) is -6.09. The Balaban J connectivity index is 2.94. The lowest BCUT2D eigenvalue weighted by molar-refractivity contribution is -0.0692. The minimum atomic E-state index is -3.13. The van der Waals surface area contributed by atoms with Gasteiger partial charge in [-0.05, 0) is 29.5 Å². The average Bonchev–Trinajstić information content (AvgIpc) is 2.21. The normalized spacial score (nSPS) is 11.0. The maximum Gasteiger partial charge on any atom is 0.387 e. The maximum atomic E-state index is 12.0. The van der Waals surface area contributed by atoms with Gasteiger partial charge in [0, 0.05) is 6.54 Å². The molecule has 96 valence electrons. The van der Waals surface area contributed by atoms with E-state index in [9.17, 15) is 17.6 Å². The van der Waals surface area contributed by atoms with Gasteiger partial charge in [-0.1, -0.05) is 6.07 Å². The molecule has 0 unspecified atom stereocenters. The molecule has 0 aliphatic heterocycles. The maximum absolute atomic E-state index is 12.0. The van der Waals surface area contributed by atoms with Crippen LogP contribution in [-0.4, -0.2) is 13.2 Å². The van der Waals surface area contributed by atoms with Crippen LogP contribution in [0.4, 0.5) is 17.6 Å². The molecule has 1 aromatic rings. The molecule has 1 N–H and O–H groups in total. The number of benzene rings is 1. The van der Waals surface area contributed by atoms with Crippen LogP contribution in [0.25, 0.3) is 0 Å². The van der Waals surface area contributed by atoms with E-state index >= 15 is 0 Å². The second-order valence-corrected chi connectivity index (χ2v) is 3.12. The Morgan fingerprint density at radius 1 is 1.06 bits per heavy atom. The first-order valence-electron chi connectivity index (χ1n) is 4.39. The molecule has 0 aliphatic rings. The molecule has 1 aromatic carbocycles. The molecule has 17 heavy (non-hydrogen) atoms. The van der Waals surface area contributed by atoms with E-state index in [2.05, 4.69) is 14.3 Å². The van der Waals surface area contributed by atoms with Crippen LogP contribution >= 0.6 is 11.8 Å². The zero-order valence-corrected chi connectivity index (χ0v) is 9.06. The monoisotopic (exact) mass is 273 g/mol. The van der Waals surface area contributed by atoms with Crippen molar-refractivity contribution < 1.29 is 27.0 Å². The van der Waals surface area contributed by atoms with Gasteiger partial charge in [-0.25, -0.2) is 4.84 Å². The minimum Gasteiger partial charge on any atom is -0.431 e. The molecular weight excluding hydrogens is 266 g/mol. The van der Waals surface area contributed by atoms with Crippen LogP contribution in [0, 0.1) is 0 Å². The Morgan fingerprint density at radius 2 is 1.65 bits per heavy atom. The van der Waals surface area contributed by atoms with Gasteiger partial charge in [-0.2, -0.15) is 17.6 Å². The first-order chi connectivity index (χ1) is 8.02. The molecule has 0 aliphatic carbocycles. The summed E-state index contributed by atoms with van der Waals surface area (Å²) in [5.74, 6) is -0.927. The van der Waals surface area contributed by atoms with E-state index in [1.165, 1.54) is 6.07 Å². The van der Waals surface area contributed by atoms with Gasteiger partial charge in [0.15, 0.2) is 11.5 Å². The van der Waals surface area contributed by atoms with Gasteiger partial charge in [0.2, 0.25) is 0 Å². The zero-order valence-electron chi connectivity index (χ0n) is 8.30. The van der Waals surface area contributed by atoms with Crippen molar-refractivity contribution in [1.82, 2.24) is 4.84 Å². The van der Waals surface area contributed by atoms with Crippen LogP contribution in [0.15, 0.2) is 18.2 Å². The van der Waals surface area contributed by atoms with Crippen molar-refractivity contribution in [3.8, 4) is 11.5 Å². The molecule has 0 atom stereocenters. The fraction of sp³-hybridized carbons (Fsp3) is 0.333. The van der Waals surface area contributed by atoms with Crippen molar-refractivity contribution in [2.24, 2.45) is 0 Å². The fourth-order valence-electron chi connectivity index (χ4n) is 1.12. The molecule has 1 rings (SSSR count). The summed E-state index contributed by atoms with van der Waals surface area (Å²) in [6, 6.07) is 3.64. The number of hydrogen-bond acceptors (Lipinski definition) is 3. The van der Waals surface area contributed by atoms with Crippen molar-refractivity contribution >= 4 is 11.8 Å². The highest BCUT2D eigenvalue weighted by Gasteiger charge is 2.15. The van der Waals surface area contributed by atoms with Crippen molar-refractivity contribution in [3.05, 3.63) is 23.8 Å². The molecule has 0 bridgehead atoms. The lowest BCUT2D eigenvalue weighted by Crippen LogP contribution is -2.08. The van der Waals surface area contributed by atoms with Gasteiger partial charge in [0.25, 0.3) is 0 Å². The summed E-state index contributed by atoms with van der Waals surface area (Å²) in [5.41, 5.74) is 0.484. The summed E-state index contributed by atoms with van der Waals surface area (Å²) in [6.07, 6.45) is 0. The van der Waals surface area contributed by atoms with E-state index in [-0.39, 0.29) is 6.54 Å². The number of alkyl halides is 4. The van der Waals surface area contributed by atoms with E-state index in [0.717, 1.165) is 12.1 Å². The highest BCUT2D eigenvalue weighted by atomic mass is 35.5. The number of nitrogens with one attached hydrogen (secondary N) is 1. The summed E-state index contributed by atoms with van der Waals surface area (Å²) < 4.78 is 56.2. The number of hydrogen-bond donors (Lipinski definition) is 1. The minimum absolute atomic E-state index is 0.163. The lowest BCUT2D eigenvalue weighted by Gasteiger charge is -2.12. The van der Waals surface area contributed by atoms with Gasteiger partial charge in [0.05, 0.1) is 0 Å². The van der Waals surface area contributed by atoms with E-state index in [4.69, 9.17) is 11.8 Å². The smallest absolute Gasteiger partial charge is 0.387 e. The van der Waals surface area contributed by atoms with Crippen molar-refractivity contribution in [2.75, 3.05) is 0 Å². The van der Waals surface area contributed by atoms with Crippen LogP contribution < -0.4 is 14.3 Å². The number of ether oxygens (including phenoxy) is 2. The predicted molar refractivity (Wildman–Crippen MR) is 52.4 cm³/mol. The Bertz CT molecular complexity index is 365.